The van der Waals surface area contributed by atoms with E-state index in [0.29, 0.717) is 19.5 Å². The lowest BCUT2D eigenvalue weighted by molar-refractivity contribution is -0.125. The molecule has 7 nitrogen and oxygen atoms in total. The Hall–Kier alpha value is -3.29. The molecule has 2 aromatic heterocycles. The molecule has 0 radical (unpaired) electrons. The second-order valence-corrected chi connectivity index (χ2v) is 8.03. The minimum atomic E-state index is -0.249. The minimum Gasteiger partial charge on any atom is -0.356 e. The Bertz CT molecular complexity index is 1050. The van der Waals surface area contributed by atoms with Crippen LogP contribution < -0.4 is 10.2 Å². The SMILES string of the molecule is Cc1cc(C)n(-c2cc(N3CCCC(C(=O)NCCc4ccc(F)cc4)C3)ncn2)n1. The van der Waals surface area contributed by atoms with E-state index >= 15 is 0 Å². The topological polar surface area (TPSA) is 75.9 Å². The lowest BCUT2D eigenvalue weighted by Gasteiger charge is -2.33. The Balaban J connectivity index is 1.37. The zero-order valence-corrected chi connectivity index (χ0v) is 17.9. The average Bonchev–Trinajstić information content (AvgIpc) is 3.13. The van der Waals surface area contributed by atoms with Crippen molar-refractivity contribution in [2.45, 2.75) is 33.1 Å². The number of aryl methyl sites for hydroxylation is 2. The molecule has 0 saturated carbocycles. The number of aromatic nitrogens is 4. The number of anilines is 1. The summed E-state index contributed by atoms with van der Waals surface area (Å²) in [5, 5.41) is 7.53. The molecule has 3 heterocycles. The van der Waals surface area contributed by atoms with Crippen LogP contribution in [0.1, 0.15) is 29.8 Å². The third-order valence-electron chi connectivity index (χ3n) is 5.61. The number of carbonyl (C=O) groups is 1. The Morgan fingerprint density at radius 1 is 1.16 bits per heavy atom. The molecule has 162 valence electrons. The molecule has 1 atom stereocenters. The van der Waals surface area contributed by atoms with E-state index in [4.69, 9.17) is 0 Å². The van der Waals surface area contributed by atoms with E-state index in [9.17, 15) is 9.18 Å². The van der Waals surface area contributed by atoms with Gasteiger partial charge in [-0.3, -0.25) is 4.79 Å². The number of hydrogen-bond donors (Lipinski definition) is 1. The molecule has 0 aliphatic carbocycles. The first kappa shape index (κ1) is 21.0. The first-order chi connectivity index (χ1) is 15.0. The van der Waals surface area contributed by atoms with Crippen molar-refractivity contribution in [2.75, 3.05) is 24.5 Å². The van der Waals surface area contributed by atoms with E-state index in [-0.39, 0.29) is 17.6 Å². The van der Waals surface area contributed by atoms with Gasteiger partial charge in [-0.15, -0.1) is 0 Å². The lowest BCUT2D eigenvalue weighted by atomic mass is 9.97. The number of piperidine rings is 1. The predicted octanol–water partition coefficient (Wildman–Crippen LogP) is 2.99. The van der Waals surface area contributed by atoms with Crippen molar-refractivity contribution in [2.24, 2.45) is 5.92 Å². The summed E-state index contributed by atoms with van der Waals surface area (Å²) in [5.74, 6) is 1.25. The summed E-state index contributed by atoms with van der Waals surface area (Å²) < 4.78 is 14.8. The van der Waals surface area contributed by atoms with Gasteiger partial charge >= 0.3 is 0 Å². The molecular weight excluding hydrogens is 395 g/mol. The van der Waals surface area contributed by atoms with E-state index in [1.54, 1.807) is 18.5 Å². The van der Waals surface area contributed by atoms with E-state index in [0.717, 1.165) is 48.0 Å². The maximum Gasteiger partial charge on any atom is 0.224 e. The molecule has 8 heteroatoms. The number of nitrogens with one attached hydrogen (secondary N) is 1. The summed E-state index contributed by atoms with van der Waals surface area (Å²) in [6.45, 7) is 5.96. The summed E-state index contributed by atoms with van der Waals surface area (Å²) in [7, 11) is 0. The number of carbonyl (C=O) groups excluding carboxylic acids is 1. The molecule has 1 aliphatic heterocycles. The van der Waals surface area contributed by atoms with Crippen molar-refractivity contribution < 1.29 is 9.18 Å². The van der Waals surface area contributed by atoms with Crippen molar-refractivity contribution >= 4 is 11.7 Å². The van der Waals surface area contributed by atoms with Crippen molar-refractivity contribution in [3.63, 3.8) is 0 Å². The van der Waals surface area contributed by atoms with Gasteiger partial charge in [-0.05, 0) is 56.9 Å². The Morgan fingerprint density at radius 2 is 1.94 bits per heavy atom. The summed E-state index contributed by atoms with van der Waals surface area (Å²) in [6.07, 6.45) is 4.01. The quantitative estimate of drug-likeness (QED) is 0.661. The van der Waals surface area contributed by atoms with Gasteiger partial charge < -0.3 is 10.2 Å². The Morgan fingerprint density at radius 3 is 2.68 bits per heavy atom. The van der Waals surface area contributed by atoms with E-state index in [2.05, 4.69) is 25.3 Å². The van der Waals surface area contributed by atoms with Gasteiger partial charge in [-0.2, -0.15) is 5.10 Å². The fourth-order valence-electron chi connectivity index (χ4n) is 4.01. The number of benzene rings is 1. The van der Waals surface area contributed by atoms with Crippen LogP contribution in [0.4, 0.5) is 10.2 Å². The van der Waals surface area contributed by atoms with Crippen LogP contribution in [-0.2, 0) is 11.2 Å². The number of hydrogen-bond acceptors (Lipinski definition) is 5. The molecule has 1 aromatic carbocycles. The molecule has 1 fully saturated rings. The summed E-state index contributed by atoms with van der Waals surface area (Å²) in [5.41, 5.74) is 2.96. The van der Waals surface area contributed by atoms with Gasteiger partial charge in [0.15, 0.2) is 5.82 Å². The van der Waals surface area contributed by atoms with Crippen LogP contribution in [0.25, 0.3) is 5.82 Å². The van der Waals surface area contributed by atoms with Gasteiger partial charge in [-0.1, -0.05) is 12.1 Å². The van der Waals surface area contributed by atoms with E-state index < -0.39 is 0 Å². The summed E-state index contributed by atoms with van der Waals surface area (Å²) in [6, 6.07) is 10.3. The van der Waals surface area contributed by atoms with Gasteiger partial charge in [-0.25, -0.2) is 19.0 Å². The normalized spacial score (nSPS) is 16.4. The largest absolute Gasteiger partial charge is 0.356 e. The van der Waals surface area contributed by atoms with Crippen molar-refractivity contribution in [1.82, 2.24) is 25.1 Å². The molecule has 1 N–H and O–H groups in total. The lowest BCUT2D eigenvalue weighted by Crippen LogP contribution is -2.43. The highest BCUT2D eigenvalue weighted by Gasteiger charge is 2.26. The fourth-order valence-corrected chi connectivity index (χ4v) is 4.01. The van der Waals surface area contributed by atoms with Crippen molar-refractivity contribution in [3.8, 4) is 5.82 Å². The van der Waals surface area contributed by atoms with Gasteiger partial charge in [0, 0.05) is 31.4 Å². The van der Waals surface area contributed by atoms with Gasteiger partial charge in [0.25, 0.3) is 0 Å². The van der Waals surface area contributed by atoms with Crippen LogP contribution in [0.2, 0.25) is 0 Å². The Labute approximate surface area is 181 Å². The third kappa shape index (κ3) is 5.07. The van der Waals surface area contributed by atoms with Gasteiger partial charge in [0.05, 0.1) is 11.6 Å². The van der Waals surface area contributed by atoms with Crippen molar-refractivity contribution in [1.29, 1.82) is 0 Å². The molecule has 1 aliphatic rings. The molecular formula is C23H27FN6O. The highest BCUT2D eigenvalue weighted by atomic mass is 19.1. The third-order valence-corrected chi connectivity index (χ3v) is 5.61. The number of amides is 1. The molecule has 31 heavy (non-hydrogen) atoms. The number of halogens is 1. The second-order valence-electron chi connectivity index (χ2n) is 8.03. The molecule has 1 saturated heterocycles. The molecule has 0 spiro atoms. The molecule has 0 bridgehead atoms. The Kier molecular flexibility index (Phi) is 6.25. The maximum absolute atomic E-state index is 13.0. The summed E-state index contributed by atoms with van der Waals surface area (Å²) >= 11 is 0. The molecule has 3 aromatic rings. The van der Waals surface area contributed by atoms with Crippen molar-refractivity contribution in [3.05, 3.63) is 65.5 Å². The molecule has 1 amide bonds. The van der Waals surface area contributed by atoms with Crippen LogP contribution >= 0.6 is 0 Å². The number of rotatable bonds is 6. The average molecular weight is 423 g/mol. The standard InChI is InChI=1S/C23H27FN6O/c1-16-12-17(2)30(28-16)22-13-21(26-15-27-22)29-11-3-4-19(14-29)23(31)25-10-9-18-5-7-20(24)8-6-18/h5-8,12-13,15,19H,3-4,9-11,14H2,1-2H3,(H,25,31). The van der Waals surface area contributed by atoms with Crippen LogP contribution in [0.3, 0.4) is 0 Å². The second kappa shape index (κ2) is 9.24. The zero-order valence-electron chi connectivity index (χ0n) is 17.9. The molecule has 1 unspecified atom stereocenters. The highest BCUT2D eigenvalue weighted by Crippen LogP contribution is 2.23. The maximum atomic E-state index is 13.0. The zero-order chi connectivity index (χ0) is 21.8. The van der Waals surface area contributed by atoms with Gasteiger partial charge in [0.2, 0.25) is 5.91 Å². The first-order valence-electron chi connectivity index (χ1n) is 10.6. The predicted molar refractivity (Wildman–Crippen MR) is 117 cm³/mol. The minimum absolute atomic E-state index is 0.0552. The smallest absolute Gasteiger partial charge is 0.224 e. The summed E-state index contributed by atoms with van der Waals surface area (Å²) in [4.78, 5) is 23.7. The highest BCUT2D eigenvalue weighted by molar-refractivity contribution is 5.79. The van der Waals surface area contributed by atoms with E-state index in [1.807, 2.05) is 30.7 Å². The van der Waals surface area contributed by atoms with Crippen LogP contribution in [0.5, 0.6) is 0 Å². The monoisotopic (exact) mass is 422 g/mol. The fraction of sp³-hybridized carbons (Fsp3) is 0.391. The first-order valence-corrected chi connectivity index (χ1v) is 10.6. The molecule has 4 rings (SSSR count). The van der Waals surface area contributed by atoms with E-state index in [1.165, 1.54) is 12.1 Å². The van der Waals surface area contributed by atoms with Crippen LogP contribution in [0.15, 0.2) is 42.7 Å². The van der Waals surface area contributed by atoms with Crippen LogP contribution in [-0.4, -0.2) is 45.3 Å². The number of nitrogens with zero attached hydrogens (tertiary/aromatic N) is 5. The van der Waals surface area contributed by atoms with Gasteiger partial charge in [0.1, 0.15) is 18.0 Å². The van der Waals surface area contributed by atoms with Crippen LogP contribution in [0, 0.1) is 25.6 Å².